The highest BCUT2D eigenvalue weighted by Crippen LogP contribution is 2.15. The molecule has 4 rings (SSSR count). The molecular weight excluding hydrogens is 326 g/mol. The third-order valence-electron chi connectivity index (χ3n) is 4.49. The van der Waals surface area contributed by atoms with Gasteiger partial charge in [-0.15, -0.1) is 0 Å². The van der Waals surface area contributed by atoms with Crippen LogP contribution in [0.4, 0.5) is 0 Å². The summed E-state index contributed by atoms with van der Waals surface area (Å²) in [5.41, 5.74) is 5.33. The largest absolute Gasteiger partial charge is 0.350 e. The van der Waals surface area contributed by atoms with Crippen LogP contribution in [0.25, 0.3) is 16.7 Å². The van der Waals surface area contributed by atoms with Crippen molar-refractivity contribution < 1.29 is 4.79 Å². The number of nitrogens with one attached hydrogen (secondary N) is 2. The topological polar surface area (TPSA) is 75.1 Å². The molecule has 3 aromatic heterocycles. The van der Waals surface area contributed by atoms with Gasteiger partial charge in [0.15, 0.2) is 0 Å². The molecule has 0 aliphatic heterocycles. The summed E-state index contributed by atoms with van der Waals surface area (Å²) in [6.07, 6.45) is 3.27. The van der Waals surface area contributed by atoms with Crippen LogP contribution < -0.4 is 5.32 Å². The highest BCUT2D eigenvalue weighted by molar-refractivity contribution is 5.94. The molecule has 0 unspecified atom stereocenters. The van der Waals surface area contributed by atoms with E-state index in [2.05, 4.69) is 20.3 Å². The van der Waals surface area contributed by atoms with Gasteiger partial charge in [-0.2, -0.15) is 0 Å². The van der Waals surface area contributed by atoms with Gasteiger partial charge in [0.25, 0.3) is 5.91 Å². The van der Waals surface area contributed by atoms with Gasteiger partial charge in [0.1, 0.15) is 17.2 Å². The first kappa shape index (κ1) is 16.3. The van der Waals surface area contributed by atoms with E-state index in [9.17, 15) is 4.79 Å². The number of aromatic nitrogens is 4. The quantitative estimate of drug-likeness (QED) is 0.583. The summed E-state index contributed by atoms with van der Waals surface area (Å²) >= 11 is 0. The van der Waals surface area contributed by atoms with Crippen LogP contribution in [-0.4, -0.2) is 31.8 Å². The molecule has 132 valence electrons. The number of H-pyrrole nitrogens is 1. The zero-order valence-corrected chi connectivity index (χ0v) is 14.9. The fraction of sp³-hybridized carbons (Fsp3) is 0.250. The van der Waals surface area contributed by atoms with Crippen LogP contribution in [0, 0.1) is 6.92 Å². The lowest BCUT2D eigenvalue weighted by Crippen LogP contribution is -2.28. The Hall–Kier alpha value is -3.15. The van der Waals surface area contributed by atoms with Crippen molar-refractivity contribution >= 4 is 22.6 Å². The summed E-state index contributed by atoms with van der Waals surface area (Å²) in [7, 11) is 0. The van der Waals surface area contributed by atoms with E-state index in [1.807, 2.05) is 60.8 Å². The maximum absolute atomic E-state index is 12.7. The molecule has 0 aliphatic carbocycles. The van der Waals surface area contributed by atoms with Crippen LogP contribution in [0.15, 0.2) is 42.6 Å². The van der Waals surface area contributed by atoms with Gasteiger partial charge in [0, 0.05) is 19.2 Å². The van der Waals surface area contributed by atoms with Crippen molar-refractivity contribution in [2.24, 2.45) is 0 Å². The molecule has 0 bridgehead atoms. The molecule has 2 N–H and O–H groups in total. The third-order valence-corrected chi connectivity index (χ3v) is 4.49. The minimum Gasteiger partial charge on any atom is -0.350 e. The first-order valence-corrected chi connectivity index (χ1v) is 8.85. The fourth-order valence-electron chi connectivity index (χ4n) is 3.18. The van der Waals surface area contributed by atoms with Gasteiger partial charge in [-0.25, -0.2) is 9.97 Å². The van der Waals surface area contributed by atoms with Crippen molar-refractivity contribution in [3.63, 3.8) is 0 Å². The number of hydrogen-bond donors (Lipinski definition) is 2. The monoisotopic (exact) mass is 347 g/mol. The van der Waals surface area contributed by atoms with Gasteiger partial charge in [-0.1, -0.05) is 19.1 Å². The number of rotatable bonds is 5. The number of aromatic amines is 1. The number of carbonyl (C=O) groups is 1. The maximum atomic E-state index is 12.7. The van der Waals surface area contributed by atoms with Crippen molar-refractivity contribution in [1.29, 1.82) is 0 Å². The number of hydrogen-bond acceptors (Lipinski definition) is 3. The Labute approximate surface area is 151 Å². The molecule has 0 spiro atoms. The molecule has 0 saturated heterocycles. The molecule has 0 atom stereocenters. The van der Waals surface area contributed by atoms with Gasteiger partial charge < -0.3 is 10.3 Å². The molecule has 3 heterocycles. The second-order valence-electron chi connectivity index (χ2n) is 6.40. The number of benzene rings is 1. The lowest BCUT2D eigenvalue weighted by Gasteiger charge is -2.06. The minimum absolute atomic E-state index is 0.102. The van der Waals surface area contributed by atoms with E-state index in [1.54, 1.807) is 0 Å². The molecule has 4 aromatic rings. The number of para-hydroxylation sites is 2. The highest BCUT2D eigenvalue weighted by atomic mass is 16.1. The zero-order chi connectivity index (χ0) is 18.1. The predicted octanol–water partition coefficient (Wildman–Crippen LogP) is 3.05. The molecule has 26 heavy (non-hydrogen) atoms. The molecule has 6 heteroatoms. The Balaban J connectivity index is 1.50. The van der Waals surface area contributed by atoms with Crippen molar-refractivity contribution in [2.45, 2.75) is 26.7 Å². The summed E-state index contributed by atoms with van der Waals surface area (Å²) in [6, 6.07) is 11.9. The van der Waals surface area contributed by atoms with Crippen molar-refractivity contribution in [3.8, 4) is 0 Å². The zero-order valence-electron chi connectivity index (χ0n) is 14.9. The minimum atomic E-state index is -0.102. The maximum Gasteiger partial charge on any atom is 0.270 e. The van der Waals surface area contributed by atoms with Crippen molar-refractivity contribution in [2.75, 3.05) is 6.54 Å². The number of nitrogens with zero attached hydrogens (tertiary/aromatic N) is 3. The Morgan fingerprint density at radius 3 is 2.88 bits per heavy atom. The number of carbonyl (C=O) groups excluding carboxylic acids is 1. The molecule has 0 aliphatic rings. The van der Waals surface area contributed by atoms with Gasteiger partial charge >= 0.3 is 0 Å². The van der Waals surface area contributed by atoms with Gasteiger partial charge in [0.2, 0.25) is 0 Å². The Morgan fingerprint density at radius 2 is 2.08 bits per heavy atom. The molecular formula is C20H21N5O. The van der Waals surface area contributed by atoms with E-state index >= 15 is 0 Å². The van der Waals surface area contributed by atoms with Crippen LogP contribution in [0.2, 0.25) is 0 Å². The first-order chi connectivity index (χ1) is 12.7. The summed E-state index contributed by atoms with van der Waals surface area (Å²) in [6.45, 7) is 4.55. The Morgan fingerprint density at radius 1 is 1.23 bits per heavy atom. The average molecular weight is 347 g/mol. The molecule has 1 amide bonds. The molecule has 0 saturated carbocycles. The molecule has 0 fully saturated rings. The third kappa shape index (κ3) is 2.94. The van der Waals surface area contributed by atoms with Crippen LogP contribution in [0.3, 0.4) is 0 Å². The van der Waals surface area contributed by atoms with Gasteiger partial charge in [-0.05, 0) is 43.2 Å². The fourth-order valence-corrected chi connectivity index (χ4v) is 3.18. The summed E-state index contributed by atoms with van der Waals surface area (Å²) in [5.74, 6) is 0.769. The Kier molecular flexibility index (Phi) is 4.16. The number of amides is 1. The van der Waals surface area contributed by atoms with Crippen LogP contribution in [-0.2, 0) is 12.8 Å². The number of fused-ring (bicyclic) bond motifs is 2. The predicted molar refractivity (Wildman–Crippen MR) is 101 cm³/mol. The highest BCUT2D eigenvalue weighted by Gasteiger charge is 2.18. The number of pyridine rings is 1. The van der Waals surface area contributed by atoms with E-state index in [4.69, 9.17) is 0 Å². The number of imidazole rings is 2. The molecule has 6 nitrogen and oxygen atoms in total. The summed E-state index contributed by atoms with van der Waals surface area (Å²) < 4.78 is 1.86. The molecule has 0 radical (unpaired) electrons. The number of aryl methyl sites for hydroxylation is 2. The smallest absolute Gasteiger partial charge is 0.270 e. The van der Waals surface area contributed by atoms with E-state index in [0.717, 1.165) is 33.8 Å². The Bertz CT molecular complexity index is 1060. The van der Waals surface area contributed by atoms with E-state index in [1.165, 1.54) is 0 Å². The van der Waals surface area contributed by atoms with Crippen LogP contribution >= 0.6 is 0 Å². The lowest BCUT2D eigenvalue weighted by molar-refractivity contribution is 0.0947. The average Bonchev–Trinajstić information content (AvgIpc) is 3.21. The summed E-state index contributed by atoms with van der Waals surface area (Å²) in [4.78, 5) is 25.2. The SMILES string of the molecule is CCc1nc2cc(C)ccn2c1C(=O)NCCc1nc2ccccc2[nH]1. The van der Waals surface area contributed by atoms with Gasteiger partial charge in [0.05, 0.1) is 16.7 Å². The second kappa shape index (κ2) is 6.63. The normalized spacial score (nSPS) is 11.3. The van der Waals surface area contributed by atoms with E-state index < -0.39 is 0 Å². The first-order valence-electron chi connectivity index (χ1n) is 8.85. The van der Waals surface area contributed by atoms with Crippen molar-refractivity contribution in [1.82, 2.24) is 24.7 Å². The van der Waals surface area contributed by atoms with Gasteiger partial charge in [-0.3, -0.25) is 9.20 Å². The van der Waals surface area contributed by atoms with Crippen LogP contribution in [0.1, 0.15) is 34.5 Å². The van der Waals surface area contributed by atoms with Crippen molar-refractivity contribution in [3.05, 3.63) is 65.4 Å². The van der Waals surface area contributed by atoms with E-state index in [0.29, 0.717) is 25.1 Å². The van der Waals surface area contributed by atoms with Crippen LogP contribution in [0.5, 0.6) is 0 Å². The standard InChI is InChI=1S/C20H21N5O/c1-3-14-19(25-11-9-13(2)12-18(25)24-14)20(26)21-10-8-17-22-15-6-4-5-7-16(15)23-17/h4-7,9,11-12H,3,8,10H2,1-2H3,(H,21,26)(H,22,23). The molecule has 1 aromatic carbocycles. The van der Waals surface area contributed by atoms with E-state index in [-0.39, 0.29) is 5.91 Å². The summed E-state index contributed by atoms with van der Waals surface area (Å²) in [5, 5.41) is 3.00. The lowest BCUT2D eigenvalue weighted by atomic mass is 10.2. The second-order valence-corrected chi connectivity index (χ2v) is 6.40.